The Bertz CT molecular complexity index is 979. The van der Waals surface area contributed by atoms with Crippen LogP contribution in [0.2, 0.25) is 0 Å². The summed E-state index contributed by atoms with van der Waals surface area (Å²) in [7, 11) is 1.63. The quantitative estimate of drug-likeness (QED) is 0.673. The van der Waals surface area contributed by atoms with Crippen LogP contribution in [0.1, 0.15) is 29.9 Å². The topological polar surface area (TPSA) is 68.5 Å². The van der Waals surface area contributed by atoms with Crippen LogP contribution in [0, 0.1) is 6.92 Å². The van der Waals surface area contributed by atoms with Crippen LogP contribution in [0.5, 0.6) is 5.75 Å². The predicted octanol–water partition coefficient (Wildman–Crippen LogP) is 3.97. The van der Waals surface area contributed by atoms with Gasteiger partial charge < -0.3 is 14.2 Å². The Kier molecular flexibility index (Phi) is 5.10. The molecular weight excluding hydrogens is 354 g/mol. The average molecular weight is 377 g/mol. The van der Waals surface area contributed by atoms with Gasteiger partial charge in [-0.05, 0) is 55.2 Å². The number of amides is 1. The first-order valence-corrected chi connectivity index (χ1v) is 9.51. The largest absolute Gasteiger partial charge is 0.497 e. The van der Waals surface area contributed by atoms with E-state index in [4.69, 9.17) is 9.26 Å². The van der Waals surface area contributed by atoms with Gasteiger partial charge in [-0.15, -0.1) is 0 Å². The monoisotopic (exact) mass is 377 g/mol. The van der Waals surface area contributed by atoms with Gasteiger partial charge in [0.15, 0.2) is 0 Å². The predicted molar refractivity (Wildman–Crippen MR) is 106 cm³/mol. The summed E-state index contributed by atoms with van der Waals surface area (Å²) in [6.45, 7) is 2.82. The SMILES string of the molecule is COc1ccc(-c2noc(CCC(=O)N3CCCc4cccc(C)c43)n2)cc1. The molecule has 1 amide bonds. The number of anilines is 1. The Morgan fingerprint density at radius 2 is 2.04 bits per heavy atom. The van der Waals surface area contributed by atoms with Gasteiger partial charge in [0.25, 0.3) is 0 Å². The van der Waals surface area contributed by atoms with E-state index in [1.54, 1.807) is 7.11 Å². The van der Waals surface area contributed by atoms with Crippen LogP contribution in [0.3, 0.4) is 0 Å². The van der Waals surface area contributed by atoms with E-state index in [0.29, 0.717) is 24.6 Å². The van der Waals surface area contributed by atoms with Gasteiger partial charge in [-0.2, -0.15) is 4.98 Å². The van der Waals surface area contributed by atoms with E-state index in [2.05, 4.69) is 35.3 Å². The summed E-state index contributed by atoms with van der Waals surface area (Å²) in [6, 6.07) is 13.7. The van der Waals surface area contributed by atoms with Gasteiger partial charge in [-0.25, -0.2) is 0 Å². The Morgan fingerprint density at radius 1 is 1.21 bits per heavy atom. The van der Waals surface area contributed by atoms with E-state index in [1.807, 2.05) is 29.2 Å². The number of aryl methyl sites for hydroxylation is 3. The third-order valence-corrected chi connectivity index (χ3v) is 5.09. The number of fused-ring (bicyclic) bond motifs is 1. The van der Waals surface area contributed by atoms with Crippen molar-refractivity contribution in [2.24, 2.45) is 0 Å². The summed E-state index contributed by atoms with van der Waals surface area (Å²) >= 11 is 0. The molecule has 0 saturated carbocycles. The maximum Gasteiger partial charge on any atom is 0.227 e. The van der Waals surface area contributed by atoms with Gasteiger partial charge in [0.05, 0.1) is 7.11 Å². The van der Waals surface area contributed by atoms with Gasteiger partial charge in [0, 0.05) is 30.6 Å². The molecule has 28 heavy (non-hydrogen) atoms. The van der Waals surface area contributed by atoms with Crippen LogP contribution in [0.25, 0.3) is 11.4 Å². The molecule has 1 aliphatic heterocycles. The van der Waals surface area contributed by atoms with E-state index >= 15 is 0 Å². The van der Waals surface area contributed by atoms with Gasteiger partial charge in [-0.3, -0.25) is 4.79 Å². The fourth-order valence-corrected chi connectivity index (χ4v) is 3.66. The van der Waals surface area contributed by atoms with Crippen molar-refractivity contribution in [2.75, 3.05) is 18.6 Å². The van der Waals surface area contributed by atoms with Crippen molar-refractivity contribution < 1.29 is 14.1 Å². The molecule has 0 fully saturated rings. The van der Waals surface area contributed by atoms with Crippen molar-refractivity contribution in [1.29, 1.82) is 0 Å². The highest BCUT2D eigenvalue weighted by atomic mass is 16.5. The fraction of sp³-hybridized carbons (Fsp3) is 0.318. The minimum Gasteiger partial charge on any atom is -0.497 e. The highest BCUT2D eigenvalue weighted by Gasteiger charge is 2.24. The first-order chi connectivity index (χ1) is 13.7. The molecule has 6 nitrogen and oxygen atoms in total. The van der Waals surface area contributed by atoms with Crippen LogP contribution in [0.15, 0.2) is 47.0 Å². The lowest BCUT2D eigenvalue weighted by atomic mass is 9.98. The molecule has 0 unspecified atom stereocenters. The van der Waals surface area contributed by atoms with Crippen molar-refractivity contribution in [3.05, 3.63) is 59.5 Å². The van der Waals surface area contributed by atoms with E-state index in [-0.39, 0.29) is 5.91 Å². The number of nitrogens with zero attached hydrogens (tertiary/aromatic N) is 3. The molecule has 0 aliphatic carbocycles. The standard InChI is InChI=1S/C22H23N3O3/c1-15-5-3-6-16-7-4-14-25(21(15)16)20(26)13-12-19-23-22(24-28-19)17-8-10-18(27-2)11-9-17/h3,5-6,8-11H,4,7,12-14H2,1-2H3. The van der Waals surface area contributed by atoms with Crippen LogP contribution in [-0.2, 0) is 17.6 Å². The zero-order valence-corrected chi connectivity index (χ0v) is 16.1. The van der Waals surface area contributed by atoms with E-state index in [9.17, 15) is 4.79 Å². The van der Waals surface area contributed by atoms with Crippen molar-refractivity contribution in [3.8, 4) is 17.1 Å². The number of carbonyl (C=O) groups excluding carboxylic acids is 1. The summed E-state index contributed by atoms with van der Waals surface area (Å²) in [5.74, 6) is 1.86. The molecule has 0 spiro atoms. The zero-order valence-electron chi connectivity index (χ0n) is 16.1. The van der Waals surface area contributed by atoms with Crippen molar-refractivity contribution in [2.45, 2.75) is 32.6 Å². The van der Waals surface area contributed by atoms with Gasteiger partial charge in [0.2, 0.25) is 17.6 Å². The second-order valence-electron chi connectivity index (χ2n) is 6.97. The smallest absolute Gasteiger partial charge is 0.227 e. The summed E-state index contributed by atoms with van der Waals surface area (Å²) in [5.41, 5.74) is 4.32. The fourth-order valence-electron chi connectivity index (χ4n) is 3.66. The second kappa shape index (κ2) is 7.84. The molecule has 0 N–H and O–H groups in total. The van der Waals surface area contributed by atoms with Gasteiger partial charge >= 0.3 is 0 Å². The minimum atomic E-state index is 0.0967. The molecule has 0 bridgehead atoms. The molecule has 6 heteroatoms. The molecule has 2 heterocycles. The normalized spacial score (nSPS) is 13.3. The number of methoxy groups -OCH3 is 1. The number of benzene rings is 2. The first kappa shape index (κ1) is 18.2. The molecule has 144 valence electrons. The highest BCUT2D eigenvalue weighted by Crippen LogP contribution is 2.31. The number of para-hydroxylation sites is 1. The summed E-state index contributed by atoms with van der Waals surface area (Å²) in [5, 5.41) is 4.03. The number of rotatable bonds is 5. The molecule has 4 rings (SSSR count). The molecule has 1 aliphatic rings. The third kappa shape index (κ3) is 3.63. The van der Waals surface area contributed by atoms with Crippen LogP contribution in [-0.4, -0.2) is 29.7 Å². The number of hydrogen-bond acceptors (Lipinski definition) is 5. The van der Waals surface area contributed by atoms with Crippen LogP contribution in [0.4, 0.5) is 5.69 Å². The minimum absolute atomic E-state index is 0.0967. The number of hydrogen-bond donors (Lipinski definition) is 0. The maximum atomic E-state index is 12.9. The van der Waals surface area contributed by atoms with Crippen molar-refractivity contribution in [3.63, 3.8) is 0 Å². The number of carbonyl (C=O) groups is 1. The molecule has 2 aromatic carbocycles. The molecule has 3 aromatic rings. The number of ether oxygens (including phenoxy) is 1. The average Bonchev–Trinajstić information content (AvgIpc) is 3.21. The Morgan fingerprint density at radius 3 is 2.82 bits per heavy atom. The number of aromatic nitrogens is 2. The van der Waals surface area contributed by atoms with Crippen molar-refractivity contribution in [1.82, 2.24) is 10.1 Å². The third-order valence-electron chi connectivity index (χ3n) is 5.09. The molecule has 0 radical (unpaired) electrons. The lowest BCUT2D eigenvalue weighted by Gasteiger charge is -2.31. The van der Waals surface area contributed by atoms with Crippen LogP contribution >= 0.6 is 0 Å². The van der Waals surface area contributed by atoms with Gasteiger partial charge in [0.1, 0.15) is 5.75 Å². The summed E-state index contributed by atoms with van der Waals surface area (Å²) in [6.07, 6.45) is 2.79. The highest BCUT2D eigenvalue weighted by molar-refractivity contribution is 5.95. The maximum absolute atomic E-state index is 12.9. The Balaban J connectivity index is 1.43. The summed E-state index contributed by atoms with van der Waals surface area (Å²) < 4.78 is 10.5. The first-order valence-electron chi connectivity index (χ1n) is 9.51. The summed E-state index contributed by atoms with van der Waals surface area (Å²) in [4.78, 5) is 19.2. The van der Waals surface area contributed by atoms with Gasteiger partial charge in [-0.1, -0.05) is 23.4 Å². The van der Waals surface area contributed by atoms with E-state index in [1.165, 1.54) is 5.56 Å². The molecule has 0 saturated heterocycles. The Hall–Kier alpha value is -3.15. The van der Waals surface area contributed by atoms with Crippen LogP contribution < -0.4 is 9.64 Å². The molecule has 0 atom stereocenters. The van der Waals surface area contributed by atoms with E-state index < -0.39 is 0 Å². The zero-order chi connectivity index (χ0) is 19.5. The van der Waals surface area contributed by atoms with Crippen molar-refractivity contribution >= 4 is 11.6 Å². The van der Waals surface area contributed by atoms with E-state index in [0.717, 1.165) is 42.0 Å². The molecular formula is C22H23N3O3. The lowest BCUT2D eigenvalue weighted by molar-refractivity contribution is -0.118. The lowest BCUT2D eigenvalue weighted by Crippen LogP contribution is -2.36. The molecule has 1 aromatic heterocycles. The Labute approximate surface area is 164 Å². The second-order valence-corrected chi connectivity index (χ2v) is 6.97.